The van der Waals surface area contributed by atoms with Gasteiger partial charge in [0.2, 0.25) is 0 Å². The van der Waals surface area contributed by atoms with E-state index in [9.17, 15) is 9.59 Å². The molecule has 22 heavy (non-hydrogen) atoms. The van der Waals surface area contributed by atoms with Gasteiger partial charge in [0.15, 0.2) is 0 Å². The van der Waals surface area contributed by atoms with E-state index in [0.717, 1.165) is 11.1 Å². The number of anilines is 1. The van der Waals surface area contributed by atoms with Gasteiger partial charge in [-0.25, -0.2) is 5.43 Å². The Morgan fingerprint density at radius 1 is 1.09 bits per heavy atom. The van der Waals surface area contributed by atoms with Gasteiger partial charge in [0, 0.05) is 11.9 Å². The van der Waals surface area contributed by atoms with Crippen molar-refractivity contribution in [3.05, 3.63) is 59.4 Å². The number of carbonyl (C=O) groups is 2. The van der Waals surface area contributed by atoms with Crippen molar-refractivity contribution in [2.24, 2.45) is 5.10 Å². The van der Waals surface area contributed by atoms with Crippen LogP contribution in [0.15, 0.2) is 47.7 Å². The third kappa shape index (κ3) is 4.24. The van der Waals surface area contributed by atoms with Crippen molar-refractivity contribution in [3.63, 3.8) is 0 Å². The van der Waals surface area contributed by atoms with E-state index in [1.807, 2.05) is 19.9 Å². The van der Waals surface area contributed by atoms with E-state index in [2.05, 4.69) is 20.8 Å². The molecular formula is C16H16N4O2. The highest BCUT2D eigenvalue weighted by Crippen LogP contribution is 2.13. The summed E-state index contributed by atoms with van der Waals surface area (Å²) in [5.74, 6) is -1.62. The predicted octanol–water partition coefficient (Wildman–Crippen LogP) is 1.79. The summed E-state index contributed by atoms with van der Waals surface area (Å²) in [5, 5.41) is 6.21. The van der Waals surface area contributed by atoms with Crippen LogP contribution >= 0.6 is 0 Å². The minimum Gasteiger partial charge on any atom is -0.318 e. The molecule has 2 rings (SSSR count). The Balaban J connectivity index is 1.90. The van der Waals surface area contributed by atoms with Gasteiger partial charge >= 0.3 is 11.8 Å². The predicted molar refractivity (Wildman–Crippen MR) is 84.5 cm³/mol. The minimum atomic E-state index is -0.842. The highest BCUT2D eigenvalue weighted by molar-refractivity contribution is 6.39. The number of aromatic nitrogens is 1. The lowest BCUT2D eigenvalue weighted by atomic mass is 10.1. The van der Waals surface area contributed by atoms with E-state index >= 15 is 0 Å². The van der Waals surface area contributed by atoms with Crippen molar-refractivity contribution < 1.29 is 9.59 Å². The molecule has 0 atom stereocenters. The van der Waals surface area contributed by atoms with Gasteiger partial charge in [0.05, 0.1) is 11.9 Å². The molecular weight excluding hydrogens is 280 g/mol. The number of pyridine rings is 1. The topological polar surface area (TPSA) is 83.5 Å². The number of rotatable bonds is 3. The van der Waals surface area contributed by atoms with E-state index in [1.165, 1.54) is 6.21 Å². The van der Waals surface area contributed by atoms with Gasteiger partial charge in [-0.15, -0.1) is 0 Å². The molecule has 0 saturated heterocycles. The molecule has 0 spiro atoms. The van der Waals surface area contributed by atoms with Crippen molar-refractivity contribution in [2.45, 2.75) is 13.8 Å². The van der Waals surface area contributed by atoms with Gasteiger partial charge in [0.1, 0.15) is 0 Å². The molecule has 0 fully saturated rings. The first-order valence-electron chi connectivity index (χ1n) is 6.69. The third-order valence-corrected chi connectivity index (χ3v) is 3.02. The molecule has 0 radical (unpaired) electrons. The molecule has 1 heterocycles. The monoisotopic (exact) mass is 296 g/mol. The Bertz CT molecular complexity index is 711. The van der Waals surface area contributed by atoms with Crippen LogP contribution < -0.4 is 10.7 Å². The van der Waals surface area contributed by atoms with Crippen molar-refractivity contribution in [1.82, 2.24) is 10.4 Å². The lowest BCUT2D eigenvalue weighted by molar-refractivity contribution is -0.136. The summed E-state index contributed by atoms with van der Waals surface area (Å²) < 4.78 is 0. The quantitative estimate of drug-likeness (QED) is 0.514. The maximum atomic E-state index is 11.7. The first-order valence-corrected chi connectivity index (χ1v) is 6.69. The summed E-state index contributed by atoms with van der Waals surface area (Å²) in [7, 11) is 0. The van der Waals surface area contributed by atoms with Crippen LogP contribution in [0, 0.1) is 13.8 Å². The largest absolute Gasteiger partial charge is 0.329 e. The van der Waals surface area contributed by atoms with Gasteiger partial charge in [-0.05, 0) is 49.2 Å². The van der Waals surface area contributed by atoms with Crippen LogP contribution in [0.5, 0.6) is 0 Å². The molecule has 0 aliphatic rings. The first-order chi connectivity index (χ1) is 10.6. The molecule has 0 aliphatic heterocycles. The molecule has 2 aromatic rings. The van der Waals surface area contributed by atoms with Crippen molar-refractivity contribution in [2.75, 3.05) is 5.32 Å². The molecule has 6 nitrogen and oxygen atoms in total. The second-order valence-electron chi connectivity index (χ2n) is 4.71. The standard InChI is InChI=1S/C16H16N4O2/c1-11-6-7-13(9-12(11)2)19-15(21)16(22)20-18-10-14-5-3-4-8-17-14/h3-10H,1-2H3,(H,19,21)(H,20,22)/b18-10-. The number of nitrogens with zero attached hydrogens (tertiary/aromatic N) is 2. The van der Waals surface area contributed by atoms with E-state index < -0.39 is 11.8 Å². The fourth-order valence-electron chi connectivity index (χ4n) is 1.67. The van der Waals surface area contributed by atoms with Crippen LogP contribution in [-0.4, -0.2) is 23.0 Å². The smallest absolute Gasteiger partial charge is 0.318 e. The summed E-state index contributed by atoms with van der Waals surface area (Å²) in [6, 6.07) is 10.7. The zero-order valence-electron chi connectivity index (χ0n) is 12.3. The minimum absolute atomic E-state index is 0.567. The van der Waals surface area contributed by atoms with E-state index in [0.29, 0.717) is 11.4 Å². The fourth-order valence-corrected chi connectivity index (χ4v) is 1.67. The average molecular weight is 296 g/mol. The molecule has 1 aromatic heterocycles. The number of hydrazone groups is 1. The third-order valence-electron chi connectivity index (χ3n) is 3.02. The van der Waals surface area contributed by atoms with E-state index in [-0.39, 0.29) is 0 Å². The highest BCUT2D eigenvalue weighted by Gasteiger charge is 2.12. The first kappa shape index (κ1) is 15.4. The van der Waals surface area contributed by atoms with Gasteiger partial charge in [-0.3, -0.25) is 14.6 Å². The van der Waals surface area contributed by atoms with Crippen molar-refractivity contribution >= 4 is 23.7 Å². The summed E-state index contributed by atoms with van der Waals surface area (Å²) in [6.45, 7) is 3.90. The Morgan fingerprint density at radius 3 is 2.59 bits per heavy atom. The lowest BCUT2D eigenvalue weighted by Crippen LogP contribution is -2.32. The van der Waals surface area contributed by atoms with E-state index in [1.54, 1.807) is 36.5 Å². The zero-order chi connectivity index (χ0) is 15.9. The lowest BCUT2D eigenvalue weighted by Gasteiger charge is -2.06. The Morgan fingerprint density at radius 2 is 1.91 bits per heavy atom. The van der Waals surface area contributed by atoms with Crippen LogP contribution in [0.25, 0.3) is 0 Å². The molecule has 0 unspecified atom stereocenters. The number of aryl methyl sites for hydroxylation is 2. The average Bonchev–Trinajstić information content (AvgIpc) is 2.52. The number of hydrogen-bond acceptors (Lipinski definition) is 4. The van der Waals surface area contributed by atoms with Crippen LogP contribution in [0.4, 0.5) is 5.69 Å². The Kier molecular flexibility index (Phi) is 4.98. The van der Waals surface area contributed by atoms with E-state index in [4.69, 9.17) is 0 Å². The molecule has 6 heteroatoms. The summed E-state index contributed by atoms with van der Waals surface area (Å²) >= 11 is 0. The maximum absolute atomic E-state index is 11.7. The summed E-state index contributed by atoms with van der Waals surface area (Å²) in [4.78, 5) is 27.4. The SMILES string of the molecule is Cc1ccc(NC(=O)C(=O)N/N=C\c2ccccn2)cc1C. The number of hydrogen-bond donors (Lipinski definition) is 2. The number of nitrogens with one attached hydrogen (secondary N) is 2. The number of amides is 2. The Labute approximate surface area is 128 Å². The Hall–Kier alpha value is -3.02. The van der Waals surface area contributed by atoms with Crippen molar-refractivity contribution in [1.29, 1.82) is 0 Å². The van der Waals surface area contributed by atoms with Crippen LogP contribution in [-0.2, 0) is 9.59 Å². The van der Waals surface area contributed by atoms with Gasteiger partial charge in [-0.2, -0.15) is 5.10 Å². The summed E-state index contributed by atoms with van der Waals surface area (Å²) in [6.07, 6.45) is 2.97. The van der Waals surface area contributed by atoms with Crippen molar-refractivity contribution in [3.8, 4) is 0 Å². The number of carbonyl (C=O) groups excluding carboxylic acids is 2. The van der Waals surface area contributed by atoms with Gasteiger partial charge in [0.25, 0.3) is 0 Å². The highest BCUT2D eigenvalue weighted by atomic mass is 16.2. The normalized spacial score (nSPS) is 10.5. The van der Waals surface area contributed by atoms with Crippen LogP contribution in [0.3, 0.4) is 0 Å². The second-order valence-corrected chi connectivity index (χ2v) is 4.71. The molecule has 2 N–H and O–H groups in total. The molecule has 0 saturated carbocycles. The van der Waals surface area contributed by atoms with Gasteiger partial charge < -0.3 is 5.32 Å². The fraction of sp³-hybridized carbons (Fsp3) is 0.125. The molecule has 112 valence electrons. The zero-order valence-corrected chi connectivity index (χ0v) is 12.3. The molecule has 0 aliphatic carbocycles. The maximum Gasteiger partial charge on any atom is 0.329 e. The van der Waals surface area contributed by atoms with Gasteiger partial charge in [-0.1, -0.05) is 12.1 Å². The summed E-state index contributed by atoms with van der Waals surface area (Å²) in [5.41, 5.74) is 5.45. The second kappa shape index (κ2) is 7.12. The molecule has 2 amide bonds. The molecule has 1 aromatic carbocycles. The number of benzene rings is 1. The van der Waals surface area contributed by atoms with Crippen LogP contribution in [0.2, 0.25) is 0 Å². The molecule has 0 bridgehead atoms. The van der Waals surface area contributed by atoms with Crippen LogP contribution in [0.1, 0.15) is 16.8 Å².